The lowest BCUT2D eigenvalue weighted by Gasteiger charge is -2.01. The van der Waals surface area contributed by atoms with E-state index in [-0.39, 0.29) is 0 Å². The monoisotopic (exact) mass is 239 g/mol. The second-order valence-corrected chi connectivity index (χ2v) is 3.76. The number of hydrogen-bond acceptors (Lipinski definition) is 1. The molecule has 68 valence electrons. The summed E-state index contributed by atoms with van der Waals surface area (Å²) in [6.45, 7) is 2.56. The number of halogens is 1. The minimum absolute atomic E-state index is 0.520. The maximum Gasteiger partial charge on any atom is 0.0298 e. The maximum absolute atomic E-state index is 8.10. The molecule has 0 saturated heterocycles. The zero-order valence-corrected chi connectivity index (χ0v) is 8.95. The van der Waals surface area contributed by atoms with Crippen LogP contribution in [-0.2, 0) is 6.42 Å². The number of benzene rings is 1. The summed E-state index contributed by atoms with van der Waals surface area (Å²) < 4.78 is 1.07. The molecule has 0 amide bonds. The minimum atomic E-state index is 0.520. The molecule has 0 aromatic heterocycles. The van der Waals surface area contributed by atoms with Crippen LogP contribution in [0, 0.1) is 6.92 Å². The predicted molar refractivity (Wildman–Crippen MR) is 56.6 cm³/mol. The molecule has 0 heterocycles. The molecule has 0 N–H and O–H groups in total. The van der Waals surface area contributed by atoms with E-state index in [4.69, 9.17) is 5.53 Å². The first-order valence-corrected chi connectivity index (χ1v) is 4.78. The van der Waals surface area contributed by atoms with Crippen LogP contribution in [0.15, 0.2) is 27.8 Å². The van der Waals surface area contributed by atoms with Crippen LogP contribution in [0.5, 0.6) is 0 Å². The summed E-state index contributed by atoms with van der Waals surface area (Å²) in [5, 5.41) is 3.49. The van der Waals surface area contributed by atoms with Gasteiger partial charge in [-0.25, -0.2) is 0 Å². The molecule has 1 aromatic carbocycles. The third-order valence-electron chi connectivity index (χ3n) is 1.67. The van der Waals surface area contributed by atoms with Gasteiger partial charge in [0.25, 0.3) is 0 Å². The van der Waals surface area contributed by atoms with E-state index in [1.54, 1.807) is 0 Å². The number of aryl methyl sites for hydroxylation is 1. The molecule has 0 bridgehead atoms. The molecule has 0 saturated carbocycles. The Bertz CT molecular complexity index is 322. The molecule has 1 aromatic rings. The lowest BCUT2D eigenvalue weighted by Crippen LogP contribution is -1.89. The Kier molecular flexibility index (Phi) is 3.80. The van der Waals surface area contributed by atoms with Gasteiger partial charge in [0, 0.05) is 15.9 Å². The van der Waals surface area contributed by atoms with E-state index < -0.39 is 0 Å². The quantitative estimate of drug-likeness (QED) is 0.440. The van der Waals surface area contributed by atoms with Gasteiger partial charge in [-0.15, -0.1) is 0 Å². The molecular formula is C9H10BrN3. The molecular weight excluding hydrogens is 230 g/mol. The number of azide groups is 1. The smallest absolute Gasteiger partial charge is 0.0298 e. The zero-order valence-electron chi connectivity index (χ0n) is 7.37. The van der Waals surface area contributed by atoms with Crippen LogP contribution in [0.4, 0.5) is 0 Å². The number of rotatable bonds is 3. The van der Waals surface area contributed by atoms with E-state index in [1.807, 2.05) is 13.0 Å². The second kappa shape index (κ2) is 4.90. The number of hydrogen-bond donors (Lipinski definition) is 0. The first kappa shape index (κ1) is 10.1. The van der Waals surface area contributed by atoms with Crippen LogP contribution in [0.25, 0.3) is 10.4 Å². The van der Waals surface area contributed by atoms with Crippen molar-refractivity contribution in [1.29, 1.82) is 0 Å². The van der Waals surface area contributed by atoms with Crippen LogP contribution in [-0.4, -0.2) is 6.54 Å². The van der Waals surface area contributed by atoms with Crippen molar-refractivity contribution in [2.45, 2.75) is 13.3 Å². The molecule has 1 rings (SSSR count). The van der Waals surface area contributed by atoms with Gasteiger partial charge in [-0.1, -0.05) is 27.1 Å². The summed E-state index contributed by atoms with van der Waals surface area (Å²) in [6.07, 6.45) is 0.796. The molecule has 0 fully saturated rings. The Hall–Kier alpha value is -0.990. The zero-order chi connectivity index (χ0) is 9.68. The summed E-state index contributed by atoms with van der Waals surface area (Å²) >= 11 is 3.42. The van der Waals surface area contributed by atoms with E-state index >= 15 is 0 Å². The van der Waals surface area contributed by atoms with Crippen molar-refractivity contribution in [3.8, 4) is 0 Å². The standard InChI is InChI=1S/C9H10BrN3/c1-7-4-8(2-3-12-13-11)6-9(10)5-7/h4-6H,2-3H2,1H3. The summed E-state index contributed by atoms with van der Waals surface area (Å²) in [5.74, 6) is 0. The Morgan fingerprint density at radius 3 is 2.85 bits per heavy atom. The Morgan fingerprint density at radius 1 is 1.46 bits per heavy atom. The van der Waals surface area contributed by atoms with Gasteiger partial charge in [0.1, 0.15) is 0 Å². The average Bonchev–Trinajstić information content (AvgIpc) is 2.03. The van der Waals surface area contributed by atoms with E-state index in [0.717, 1.165) is 10.9 Å². The normalized spacial score (nSPS) is 9.38. The van der Waals surface area contributed by atoms with Crippen molar-refractivity contribution < 1.29 is 0 Å². The van der Waals surface area contributed by atoms with Crippen molar-refractivity contribution in [3.63, 3.8) is 0 Å². The van der Waals surface area contributed by atoms with E-state index in [1.165, 1.54) is 11.1 Å². The molecule has 0 aliphatic carbocycles. The first-order chi connectivity index (χ1) is 6.22. The van der Waals surface area contributed by atoms with Gasteiger partial charge in [-0.2, -0.15) is 0 Å². The van der Waals surface area contributed by atoms with E-state index in [2.05, 4.69) is 38.1 Å². The highest BCUT2D eigenvalue weighted by Crippen LogP contribution is 2.15. The lowest BCUT2D eigenvalue weighted by atomic mass is 10.1. The molecule has 13 heavy (non-hydrogen) atoms. The van der Waals surface area contributed by atoms with Crippen LogP contribution < -0.4 is 0 Å². The molecule has 0 aliphatic rings. The molecule has 0 unspecified atom stereocenters. The molecule has 0 spiro atoms. The molecule has 0 aliphatic heterocycles. The summed E-state index contributed by atoms with van der Waals surface area (Å²) in [4.78, 5) is 2.71. The van der Waals surface area contributed by atoms with Crippen molar-refractivity contribution in [2.24, 2.45) is 5.11 Å². The van der Waals surface area contributed by atoms with Crippen LogP contribution in [0.1, 0.15) is 11.1 Å². The molecule has 0 radical (unpaired) electrons. The predicted octanol–water partition coefficient (Wildman–Crippen LogP) is 3.61. The van der Waals surface area contributed by atoms with Crippen molar-refractivity contribution in [2.75, 3.05) is 6.54 Å². The fourth-order valence-corrected chi connectivity index (χ4v) is 1.84. The van der Waals surface area contributed by atoms with Gasteiger partial charge in [-0.05, 0) is 42.1 Å². The summed E-state index contributed by atoms with van der Waals surface area (Å²) in [5.41, 5.74) is 10.5. The van der Waals surface area contributed by atoms with Gasteiger partial charge in [0.15, 0.2) is 0 Å². The van der Waals surface area contributed by atoms with Gasteiger partial charge in [-0.3, -0.25) is 0 Å². The second-order valence-electron chi connectivity index (χ2n) is 2.84. The van der Waals surface area contributed by atoms with Gasteiger partial charge >= 0.3 is 0 Å². The van der Waals surface area contributed by atoms with Crippen LogP contribution in [0.3, 0.4) is 0 Å². The van der Waals surface area contributed by atoms with Gasteiger partial charge < -0.3 is 0 Å². The van der Waals surface area contributed by atoms with Crippen molar-refractivity contribution in [1.82, 2.24) is 0 Å². The topological polar surface area (TPSA) is 48.8 Å². The maximum atomic E-state index is 8.10. The Balaban J connectivity index is 2.71. The highest BCUT2D eigenvalue weighted by Gasteiger charge is 1.95. The SMILES string of the molecule is Cc1cc(Br)cc(CCN=[N+]=[N-])c1. The Morgan fingerprint density at radius 2 is 2.23 bits per heavy atom. The summed E-state index contributed by atoms with van der Waals surface area (Å²) in [6, 6.07) is 6.19. The Labute approximate surface area is 85.5 Å². The molecule has 4 heteroatoms. The third-order valence-corrected chi connectivity index (χ3v) is 2.12. The summed E-state index contributed by atoms with van der Waals surface area (Å²) in [7, 11) is 0. The minimum Gasteiger partial charge on any atom is -0.0936 e. The molecule has 3 nitrogen and oxygen atoms in total. The molecule has 0 atom stereocenters. The third kappa shape index (κ3) is 3.49. The first-order valence-electron chi connectivity index (χ1n) is 3.99. The highest BCUT2D eigenvalue weighted by atomic mass is 79.9. The average molecular weight is 240 g/mol. The lowest BCUT2D eigenvalue weighted by molar-refractivity contribution is 0.953. The van der Waals surface area contributed by atoms with E-state index in [0.29, 0.717) is 6.54 Å². The number of nitrogens with zero attached hydrogens (tertiary/aromatic N) is 3. The van der Waals surface area contributed by atoms with E-state index in [9.17, 15) is 0 Å². The fraction of sp³-hybridized carbons (Fsp3) is 0.333. The highest BCUT2D eigenvalue weighted by molar-refractivity contribution is 9.10. The van der Waals surface area contributed by atoms with Crippen LogP contribution in [0.2, 0.25) is 0 Å². The fourth-order valence-electron chi connectivity index (χ4n) is 1.18. The van der Waals surface area contributed by atoms with Gasteiger partial charge in [0.2, 0.25) is 0 Å². The van der Waals surface area contributed by atoms with Gasteiger partial charge in [0.05, 0.1) is 0 Å². The van der Waals surface area contributed by atoms with Crippen molar-refractivity contribution in [3.05, 3.63) is 44.2 Å². The largest absolute Gasteiger partial charge is 0.0936 e. The van der Waals surface area contributed by atoms with Crippen molar-refractivity contribution >= 4 is 15.9 Å². The van der Waals surface area contributed by atoms with Crippen LogP contribution >= 0.6 is 15.9 Å².